The highest BCUT2D eigenvalue weighted by Crippen LogP contribution is 2.38. The van der Waals surface area contributed by atoms with Crippen LogP contribution in [0, 0.1) is 0 Å². The molecule has 0 aromatic carbocycles. The standard InChI is InChI=1S/C13H23N3O3/c1-12(2,3)19-11(18)16-6-4-5-13(16)8-15(9-13)7-10(14)17/h4-9H2,1-3H3,(H2,14,17). The largest absolute Gasteiger partial charge is 0.444 e. The van der Waals surface area contributed by atoms with Crippen molar-refractivity contribution in [1.82, 2.24) is 9.80 Å². The Balaban J connectivity index is 1.95. The fourth-order valence-electron chi connectivity index (χ4n) is 2.99. The van der Waals surface area contributed by atoms with Crippen LogP contribution < -0.4 is 5.73 Å². The number of carbonyl (C=O) groups excluding carboxylic acids is 2. The molecule has 2 fully saturated rings. The predicted octanol–water partition coefficient (Wildman–Crippen LogP) is 0.557. The van der Waals surface area contributed by atoms with Crippen LogP contribution in [0.15, 0.2) is 0 Å². The quantitative estimate of drug-likeness (QED) is 0.794. The Morgan fingerprint density at radius 1 is 1.32 bits per heavy atom. The fourth-order valence-corrected chi connectivity index (χ4v) is 2.99. The number of likely N-dealkylation sites (tertiary alicyclic amines) is 2. The Hall–Kier alpha value is -1.30. The van der Waals surface area contributed by atoms with Crippen LogP contribution in [0.4, 0.5) is 4.79 Å². The highest BCUT2D eigenvalue weighted by atomic mass is 16.6. The zero-order chi connectivity index (χ0) is 14.3. The molecule has 0 atom stereocenters. The summed E-state index contributed by atoms with van der Waals surface area (Å²) in [4.78, 5) is 26.9. The second-order valence-corrected chi connectivity index (χ2v) is 6.57. The molecule has 2 rings (SSSR count). The number of primary amides is 1. The SMILES string of the molecule is CC(C)(C)OC(=O)N1CCCC12CN(CC(N)=O)C2. The number of hydrogen-bond donors (Lipinski definition) is 1. The number of hydrogen-bond acceptors (Lipinski definition) is 4. The first-order chi connectivity index (χ1) is 8.72. The van der Waals surface area contributed by atoms with Gasteiger partial charge in [0.05, 0.1) is 12.1 Å². The zero-order valence-electron chi connectivity index (χ0n) is 11.9. The van der Waals surface area contributed by atoms with E-state index in [0.717, 1.165) is 32.5 Å². The first-order valence-electron chi connectivity index (χ1n) is 6.73. The minimum atomic E-state index is -0.475. The van der Waals surface area contributed by atoms with E-state index in [1.165, 1.54) is 0 Å². The molecule has 0 radical (unpaired) electrons. The predicted molar refractivity (Wildman–Crippen MR) is 70.5 cm³/mol. The molecule has 19 heavy (non-hydrogen) atoms. The summed E-state index contributed by atoms with van der Waals surface area (Å²) < 4.78 is 5.45. The third-order valence-corrected chi connectivity index (χ3v) is 3.63. The van der Waals surface area contributed by atoms with Crippen LogP contribution >= 0.6 is 0 Å². The summed E-state index contributed by atoms with van der Waals surface area (Å²) >= 11 is 0. The topological polar surface area (TPSA) is 75.9 Å². The van der Waals surface area contributed by atoms with Gasteiger partial charge in [-0.2, -0.15) is 0 Å². The molecule has 2 aliphatic rings. The first kappa shape index (κ1) is 14.1. The van der Waals surface area contributed by atoms with Crippen molar-refractivity contribution in [3.05, 3.63) is 0 Å². The van der Waals surface area contributed by atoms with Gasteiger partial charge in [-0.3, -0.25) is 14.6 Å². The number of carbonyl (C=O) groups is 2. The molecule has 6 heteroatoms. The molecule has 0 bridgehead atoms. The van der Waals surface area contributed by atoms with Crippen LogP contribution in [0.1, 0.15) is 33.6 Å². The second-order valence-electron chi connectivity index (χ2n) is 6.57. The summed E-state index contributed by atoms with van der Waals surface area (Å²) in [6.45, 7) is 8.04. The number of amides is 2. The van der Waals surface area contributed by atoms with E-state index in [0.29, 0.717) is 0 Å². The Kier molecular flexibility index (Phi) is 3.47. The van der Waals surface area contributed by atoms with Gasteiger partial charge in [0.25, 0.3) is 0 Å². The molecule has 0 aliphatic carbocycles. The first-order valence-corrected chi connectivity index (χ1v) is 6.73. The van der Waals surface area contributed by atoms with Crippen molar-refractivity contribution in [2.24, 2.45) is 5.73 Å². The van der Waals surface area contributed by atoms with Gasteiger partial charge in [0, 0.05) is 19.6 Å². The van der Waals surface area contributed by atoms with Crippen molar-refractivity contribution in [3.63, 3.8) is 0 Å². The highest BCUT2D eigenvalue weighted by Gasteiger charge is 2.53. The van der Waals surface area contributed by atoms with Crippen LogP contribution in [0.2, 0.25) is 0 Å². The lowest BCUT2D eigenvalue weighted by Crippen LogP contribution is -2.69. The van der Waals surface area contributed by atoms with Gasteiger partial charge < -0.3 is 10.5 Å². The van der Waals surface area contributed by atoms with Gasteiger partial charge in [-0.1, -0.05) is 0 Å². The smallest absolute Gasteiger partial charge is 0.410 e. The third-order valence-electron chi connectivity index (χ3n) is 3.63. The molecule has 0 aromatic heterocycles. The van der Waals surface area contributed by atoms with Crippen LogP contribution in [0.25, 0.3) is 0 Å². The van der Waals surface area contributed by atoms with E-state index in [9.17, 15) is 9.59 Å². The molecule has 108 valence electrons. The van der Waals surface area contributed by atoms with Crippen molar-refractivity contribution < 1.29 is 14.3 Å². The minimum absolute atomic E-state index is 0.141. The van der Waals surface area contributed by atoms with Crippen molar-refractivity contribution in [3.8, 4) is 0 Å². The number of ether oxygens (including phenoxy) is 1. The molecule has 2 heterocycles. The van der Waals surface area contributed by atoms with E-state index in [2.05, 4.69) is 0 Å². The summed E-state index contributed by atoms with van der Waals surface area (Å²) in [5.74, 6) is -0.323. The molecule has 0 saturated carbocycles. The average Bonchev–Trinajstić information content (AvgIpc) is 2.57. The maximum Gasteiger partial charge on any atom is 0.410 e. The van der Waals surface area contributed by atoms with Gasteiger partial charge in [0.1, 0.15) is 5.60 Å². The van der Waals surface area contributed by atoms with Gasteiger partial charge in [0.15, 0.2) is 0 Å². The normalized spacial score (nSPS) is 22.4. The van der Waals surface area contributed by atoms with Crippen LogP contribution in [0.3, 0.4) is 0 Å². The third kappa shape index (κ3) is 3.00. The van der Waals surface area contributed by atoms with Crippen molar-refractivity contribution in [2.45, 2.75) is 44.8 Å². The molecule has 1 spiro atoms. The highest BCUT2D eigenvalue weighted by molar-refractivity contribution is 5.76. The molecule has 0 aromatic rings. The molecular weight excluding hydrogens is 246 g/mol. The van der Waals surface area contributed by atoms with E-state index >= 15 is 0 Å². The van der Waals surface area contributed by atoms with Gasteiger partial charge in [-0.25, -0.2) is 4.79 Å². The molecule has 2 N–H and O–H groups in total. The molecular formula is C13H23N3O3. The molecule has 2 aliphatic heterocycles. The zero-order valence-corrected chi connectivity index (χ0v) is 11.9. The molecule has 6 nitrogen and oxygen atoms in total. The van der Waals surface area contributed by atoms with Crippen molar-refractivity contribution in [2.75, 3.05) is 26.2 Å². The van der Waals surface area contributed by atoms with E-state index in [-0.39, 0.29) is 24.1 Å². The summed E-state index contributed by atoms with van der Waals surface area (Å²) in [7, 11) is 0. The van der Waals surface area contributed by atoms with Gasteiger partial charge in [-0.15, -0.1) is 0 Å². The maximum absolute atomic E-state index is 12.2. The van der Waals surface area contributed by atoms with E-state index in [1.54, 1.807) is 0 Å². The second kappa shape index (κ2) is 4.67. The summed E-state index contributed by atoms with van der Waals surface area (Å²) in [6.07, 6.45) is 1.72. The lowest BCUT2D eigenvalue weighted by atomic mass is 9.87. The van der Waals surface area contributed by atoms with E-state index in [1.807, 2.05) is 30.6 Å². The Morgan fingerprint density at radius 3 is 2.47 bits per heavy atom. The minimum Gasteiger partial charge on any atom is -0.444 e. The number of nitrogens with two attached hydrogens (primary N) is 1. The summed E-state index contributed by atoms with van der Waals surface area (Å²) in [6, 6.07) is 0. The monoisotopic (exact) mass is 269 g/mol. The van der Waals surface area contributed by atoms with Gasteiger partial charge in [0.2, 0.25) is 5.91 Å². The maximum atomic E-state index is 12.2. The van der Waals surface area contributed by atoms with E-state index in [4.69, 9.17) is 10.5 Å². The van der Waals surface area contributed by atoms with Crippen LogP contribution in [0.5, 0.6) is 0 Å². The van der Waals surface area contributed by atoms with Gasteiger partial charge >= 0.3 is 6.09 Å². The van der Waals surface area contributed by atoms with Crippen molar-refractivity contribution >= 4 is 12.0 Å². The average molecular weight is 269 g/mol. The Morgan fingerprint density at radius 2 is 1.95 bits per heavy atom. The van der Waals surface area contributed by atoms with Crippen molar-refractivity contribution in [1.29, 1.82) is 0 Å². The van der Waals surface area contributed by atoms with Crippen LogP contribution in [-0.4, -0.2) is 59.1 Å². The lowest BCUT2D eigenvalue weighted by molar-refractivity contribution is -0.122. The molecule has 0 unspecified atom stereocenters. The fraction of sp³-hybridized carbons (Fsp3) is 0.846. The van der Waals surface area contributed by atoms with E-state index < -0.39 is 5.60 Å². The summed E-state index contributed by atoms with van der Waals surface area (Å²) in [5.41, 5.74) is 4.57. The molecule has 2 amide bonds. The summed E-state index contributed by atoms with van der Waals surface area (Å²) in [5, 5.41) is 0. The van der Waals surface area contributed by atoms with Gasteiger partial charge in [-0.05, 0) is 33.6 Å². The number of nitrogens with zero attached hydrogens (tertiary/aromatic N) is 2. The molecule has 2 saturated heterocycles. The Bertz CT molecular complexity index is 383. The Labute approximate surface area is 113 Å². The number of rotatable bonds is 2. The lowest BCUT2D eigenvalue weighted by Gasteiger charge is -2.52. The van der Waals surface area contributed by atoms with Crippen LogP contribution in [-0.2, 0) is 9.53 Å².